The van der Waals surface area contributed by atoms with Crippen LogP contribution in [0.25, 0.3) is 10.4 Å². The van der Waals surface area contributed by atoms with Gasteiger partial charge < -0.3 is 4.55 Å². The highest BCUT2D eigenvalue weighted by molar-refractivity contribution is 7.84. The maximum absolute atomic E-state index is 10.5. The Morgan fingerprint density at radius 1 is 1.38 bits per heavy atom. The van der Waals surface area contributed by atoms with Crippen LogP contribution in [0.2, 0.25) is 0 Å². The van der Waals surface area contributed by atoms with Gasteiger partial charge in [-0.1, -0.05) is 4.49 Å². The van der Waals surface area contributed by atoms with E-state index in [4.69, 9.17) is 0 Å². The Hall–Kier alpha value is -1.38. The van der Waals surface area contributed by atoms with Crippen LogP contribution in [-0.4, -0.2) is 22.6 Å². The second-order valence-corrected chi connectivity index (χ2v) is 5.23. The van der Waals surface area contributed by atoms with E-state index in [1.807, 2.05) is 0 Å². The molecule has 0 radical (unpaired) electrons. The van der Waals surface area contributed by atoms with Gasteiger partial charge in [0.1, 0.15) is 0 Å². The minimum atomic E-state index is -4.25. The van der Waals surface area contributed by atoms with Crippen molar-refractivity contribution in [3.8, 4) is 10.4 Å². The van der Waals surface area contributed by atoms with Crippen molar-refractivity contribution in [3.63, 3.8) is 0 Å². The number of hydrogen-bond acceptors (Lipinski definition) is 6. The largest absolute Gasteiger partial charge is 0.743 e. The lowest BCUT2D eigenvalue weighted by Crippen LogP contribution is -2.36. The fourth-order valence-electron chi connectivity index (χ4n) is 1.18. The van der Waals surface area contributed by atoms with E-state index in [9.17, 15) is 13.0 Å². The zero-order valence-corrected chi connectivity index (χ0v) is 9.61. The van der Waals surface area contributed by atoms with Gasteiger partial charge in [-0.2, -0.15) is 4.57 Å². The van der Waals surface area contributed by atoms with Crippen molar-refractivity contribution >= 4 is 21.7 Å². The molecule has 0 fully saturated rings. The molecule has 0 aromatic carbocycles. The fraction of sp³-hybridized carbons (Fsp3) is 0.125. The van der Waals surface area contributed by atoms with Crippen LogP contribution in [0.4, 0.5) is 0 Å². The molecule has 0 N–H and O–H groups in total. The van der Waals surface area contributed by atoms with E-state index >= 15 is 0 Å². The summed E-state index contributed by atoms with van der Waals surface area (Å²) in [6.45, 7) is 0. The average Bonchev–Trinajstić information content (AvgIpc) is 2.69. The molecule has 0 bridgehead atoms. The van der Waals surface area contributed by atoms with Gasteiger partial charge in [0, 0.05) is 17.7 Å². The summed E-state index contributed by atoms with van der Waals surface area (Å²) >= 11 is 1.24. The number of pyridine rings is 1. The summed E-state index contributed by atoms with van der Waals surface area (Å²) in [6.07, 6.45) is 4.68. The maximum atomic E-state index is 10.5. The summed E-state index contributed by atoms with van der Waals surface area (Å²) < 4.78 is 36.6. The van der Waals surface area contributed by atoms with Crippen molar-refractivity contribution in [2.45, 2.75) is 5.88 Å². The lowest BCUT2D eigenvalue weighted by Gasteiger charge is -2.02. The zero-order valence-electron chi connectivity index (χ0n) is 7.98. The van der Waals surface area contributed by atoms with Gasteiger partial charge in [0.25, 0.3) is 0 Å². The van der Waals surface area contributed by atoms with Crippen LogP contribution in [-0.2, 0) is 16.0 Å². The molecule has 16 heavy (non-hydrogen) atoms. The van der Waals surface area contributed by atoms with E-state index in [1.165, 1.54) is 28.5 Å². The molecule has 2 rings (SSSR count). The number of rotatable bonds is 3. The molecule has 8 heteroatoms. The van der Waals surface area contributed by atoms with E-state index in [1.54, 1.807) is 18.3 Å². The van der Waals surface area contributed by atoms with Gasteiger partial charge in [0.05, 0.1) is 11.1 Å². The molecule has 0 saturated heterocycles. The van der Waals surface area contributed by atoms with E-state index in [2.05, 4.69) is 9.59 Å². The SMILES string of the molecule is O=S(=O)([O-])C[n+]1ccc(-c2cnns2)cc1. The summed E-state index contributed by atoms with van der Waals surface area (Å²) in [4.78, 5) is 0.886. The van der Waals surface area contributed by atoms with Crippen LogP contribution >= 0.6 is 11.5 Å². The van der Waals surface area contributed by atoms with E-state index in [0.29, 0.717) is 0 Å². The molecule has 2 aromatic rings. The van der Waals surface area contributed by atoms with Gasteiger partial charge in [0.2, 0.25) is 5.88 Å². The summed E-state index contributed by atoms with van der Waals surface area (Å²) in [5.41, 5.74) is 0.884. The highest BCUT2D eigenvalue weighted by atomic mass is 32.2. The van der Waals surface area contributed by atoms with Crippen LogP contribution in [0.15, 0.2) is 30.7 Å². The second-order valence-electron chi connectivity index (χ2n) is 3.07. The van der Waals surface area contributed by atoms with Gasteiger partial charge in [-0.25, -0.2) is 8.42 Å². The van der Waals surface area contributed by atoms with Crippen molar-refractivity contribution in [2.24, 2.45) is 0 Å². The fourth-order valence-corrected chi connectivity index (χ4v) is 2.24. The predicted octanol–water partition coefficient (Wildman–Crippen LogP) is -0.00470. The molecule has 0 aliphatic carbocycles. The summed E-state index contributed by atoms with van der Waals surface area (Å²) in [7, 11) is -4.25. The van der Waals surface area contributed by atoms with Crippen molar-refractivity contribution in [3.05, 3.63) is 30.7 Å². The van der Waals surface area contributed by atoms with Gasteiger partial charge >= 0.3 is 0 Å². The van der Waals surface area contributed by atoms with E-state index in [-0.39, 0.29) is 0 Å². The molecule has 0 amide bonds. The normalized spacial score (nSPS) is 11.6. The molecule has 0 unspecified atom stereocenters. The molecule has 2 heterocycles. The lowest BCUT2D eigenvalue weighted by molar-refractivity contribution is -0.678. The minimum Gasteiger partial charge on any atom is -0.743 e. The van der Waals surface area contributed by atoms with Crippen LogP contribution in [0, 0.1) is 0 Å². The molecular weight excluding hydrogens is 250 g/mol. The number of nitrogens with zero attached hydrogens (tertiary/aromatic N) is 3. The maximum Gasteiger partial charge on any atom is 0.236 e. The topological polar surface area (TPSA) is 86.9 Å². The highest BCUT2D eigenvalue weighted by Crippen LogP contribution is 2.19. The number of aromatic nitrogens is 3. The van der Waals surface area contributed by atoms with Gasteiger partial charge in [-0.15, -0.1) is 5.10 Å². The van der Waals surface area contributed by atoms with Crippen LogP contribution in [0.5, 0.6) is 0 Å². The first-order valence-electron chi connectivity index (χ1n) is 4.25. The summed E-state index contributed by atoms with van der Waals surface area (Å²) in [6, 6.07) is 3.42. The van der Waals surface area contributed by atoms with Crippen molar-refractivity contribution in [1.29, 1.82) is 0 Å². The Labute approximate surface area is 96.1 Å². The molecule has 0 spiro atoms. The molecule has 0 aliphatic rings. The Bertz CT molecular complexity index is 563. The standard InChI is InChI=1S/C8H7N3O3S2/c12-16(13,14)6-11-3-1-7(2-4-11)8-5-9-10-15-8/h1-5H,6H2. The molecule has 0 saturated carbocycles. The van der Waals surface area contributed by atoms with Crippen LogP contribution in [0.1, 0.15) is 0 Å². The zero-order chi connectivity index (χ0) is 11.6. The van der Waals surface area contributed by atoms with Crippen molar-refractivity contribution < 1.29 is 17.5 Å². The van der Waals surface area contributed by atoms with Crippen molar-refractivity contribution in [1.82, 2.24) is 9.59 Å². The van der Waals surface area contributed by atoms with Crippen LogP contribution < -0.4 is 4.57 Å². The monoisotopic (exact) mass is 257 g/mol. The Morgan fingerprint density at radius 3 is 2.56 bits per heavy atom. The quantitative estimate of drug-likeness (QED) is 0.570. The third-order valence-electron chi connectivity index (χ3n) is 1.84. The van der Waals surface area contributed by atoms with Gasteiger partial charge in [-0.05, 0) is 11.5 Å². The molecule has 2 aromatic heterocycles. The third-order valence-corrected chi connectivity index (χ3v) is 3.17. The first kappa shape index (κ1) is 11.1. The predicted molar refractivity (Wildman–Crippen MR) is 55.2 cm³/mol. The smallest absolute Gasteiger partial charge is 0.236 e. The minimum absolute atomic E-state index is 0.561. The first-order chi connectivity index (χ1) is 7.54. The summed E-state index contributed by atoms with van der Waals surface area (Å²) in [5.74, 6) is -0.561. The summed E-state index contributed by atoms with van der Waals surface area (Å²) in [5, 5.41) is 3.70. The van der Waals surface area contributed by atoms with Crippen molar-refractivity contribution in [2.75, 3.05) is 0 Å². The second kappa shape index (κ2) is 4.24. The first-order valence-corrected chi connectivity index (χ1v) is 6.60. The molecule has 6 nitrogen and oxygen atoms in total. The number of hydrogen-bond donors (Lipinski definition) is 0. The molecule has 0 aliphatic heterocycles. The molecule has 0 atom stereocenters. The Balaban J connectivity index is 2.24. The average molecular weight is 257 g/mol. The van der Waals surface area contributed by atoms with Gasteiger partial charge in [0.15, 0.2) is 22.5 Å². The lowest BCUT2D eigenvalue weighted by atomic mass is 10.2. The van der Waals surface area contributed by atoms with Crippen LogP contribution in [0.3, 0.4) is 0 Å². The third kappa shape index (κ3) is 2.81. The Morgan fingerprint density at radius 2 is 2.06 bits per heavy atom. The van der Waals surface area contributed by atoms with E-state index in [0.717, 1.165) is 10.4 Å². The van der Waals surface area contributed by atoms with E-state index < -0.39 is 16.0 Å². The Kier molecular flexibility index (Phi) is 2.95. The molecular formula is C8H7N3O3S2. The molecule has 84 valence electrons. The van der Waals surface area contributed by atoms with Gasteiger partial charge in [-0.3, -0.25) is 0 Å². The highest BCUT2D eigenvalue weighted by Gasteiger charge is 2.07.